The number of hydrogen-bond acceptors (Lipinski definition) is 6. The lowest BCUT2D eigenvalue weighted by molar-refractivity contribution is -0.152. The Morgan fingerprint density at radius 2 is 1.87 bits per heavy atom. The summed E-state index contributed by atoms with van der Waals surface area (Å²) in [5, 5.41) is 0.109. The number of thioether (sulfide) groups is 1. The number of halogens is 2. The van der Waals surface area contributed by atoms with Gasteiger partial charge >= 0.3 is 5.97 Å². The molecule has 1 aliphatic rings. The van der Waals surface area contributed by atoms with Crippen molar-refractivity contribution >= 4 is 53.3 Å². The molecule has 0 aromatic heterocycles. The van der Waals surface area contributed by atoms with Gasteiger partial charge < -0.3 is 19.3 Å². The topological polar surface area (TPSA) is 59.1 Å². The maximum absolute atomic E-state index is 13.6. The first-order chi connectivity index (χ1) is 14.3. The number of rotatable bonds is 6. The molecule has 2 aromatic rings. The molecule has 0 radical (unpaired) electrons. The Balaban J connectivity index is 0.00000341. The van der Waals surface area contributed by atoms with Crippen molar-refractivity contribution in [3.05, 3.63) is 53.1 Å². The van der Waals surface area contributed by atoms with Crippen LogP contribution in [-0.4, -0.2) is 57.2 Å². The number of esters is 1. The molecule has 3 rings (SSSR count). The minimum absolute atomic E-state index is 0. The number of anilines is 1. The van der Waals surface area contributed by atoms with E-state index in [9.17, 15) is 9.59 Å². The molecule has 1 amide bonds. The zero-order chi connectivity index (χ0) is 21.8. The van der Waals surface area contributed by atoms with Gasteiger partial charge in [-0.2, -0.15) is 0 Å². The van der Waals surface area contributed by atoms with Gasteiger partial charge in [-0.25, -0.2) is 0 Å². The highest BCUT2D eigenvalue weighted by atomic mass is 35.5. The quantitative estimate of drug-likeness (QED) is 0.564. The first-order valence-electron chi connectivity index (χ1n) is 9.54. The van der Waals surface area contributed by atoms with E-state index in [1.165, 1.54) is 18.7 Å². The fraction of sp³-hybridized carbons (Fsp3) is 0.364. The summed E-state index contributed by atoms with van der Waals surface area (Å²) in [5.74, 6) is -0.0581. The van der Waals surface area contributed by atoms with Gasteiger partial charge in [-0.1, -0.05) is 29.8 Å². The summed E-state index contributed by atoms with van der Waals surface area (Å²) in [4.78, 5) is 30.0. The van der Waals surface area contributed by atoms with Crippen molar-refractivity contribution in [1.82, 2.24) is 4.90 Å². The maximum atomic E-state index is 13.6. The van der Waals surface area contributed by atoms with E-state index < -0.39 is 17.3 Å². The van der Waals surface area contributed by atoms with Gasteiger partial charge in [0.05, 0.1) is 28.0 Å². The Morgan fingerprint density at radius 3 is 2.45 bits per heavy atom. The van der Waals surface area contributed by atoms with Crippen LogP contribution in [0.4, 0.5) is 5.69 Å². The van der Waals surface area contributed by atoms with Crippen LogP contribution in [0.25, 0.3) is 0 Å². The van der Waals surface area contributed by atoms with E-state index in [2.05, 4.69) is 0 Å². The molecule has 0 bridgehead atoms. The highest BCUT2D eigenvalue weighted by Crippen LogP contribution is 2.49. The molecular formula is C22H26Cl2N2O4S. The number of nitrogens with zero attached hydrogens (tertiary/aromatic N) is 2. The van der Waals surface area contributed by atoms with E-state index in [1.807, 2.05) is 55.4 Å². The summed E-state index contributed by atoms with van der Waals surface area (Å²) in [6, 6.07) is 12.9. The normalized spacial score (nSPS) is 18.1. The molecule has 2 unspecified atom stereocenters. The van der Waals surface area contributed by atoms with Crippen LogP contribution in [0.2, 0.25) is 5.02 Å². The molecule has 0 spiro atoms. The standard InChI is InChI=1S/C22H25ClN2O4S.ClH/c1-14(26)29-19-20(15-8-10-16(28-4)11-9-15)30-21-17(23)6-5-7-18(21)25(22(19)27)13-12-24(2)3;/h5-11,19-20H,12-13H2,1-4H3;1H. The van der Waals surface area contributed by atoms with Crippen LogP contribution in [0, 0.1) is 0 Å². The van der Waals surface area contributed by atoms with Gasteiger partial charge in [0.2, 0.25) is 0 Å². The molecule has 1 heterocycles. The number of carbonyl (C=O) groups excluding carboxylic acids is 2. The lowest BCUT2D eigenvalue weighted by Crippen LogP contribution is -2.45. The van der Waals surface area contributed by atoms with Crippen molar-refractivity contribution in [3.63, 3.8) is 0 Å². The van der Waals surface area contributed by atoms with Crippen molar-refractivity contribution in [1.29, 1.82) is 0 Å². The first kappa shape index (κ1) is 25.3. The lowest BCUT2D eigenvalue weighted by Gasteiger charge is -2.28. The average Bonchev–Trinajstić information content (AvgIpc) is 2.82. The van der Waals surface area contributed by atoms with Gasteiger partial charge in [0, 0.05) is 20.0 Å². The van der Waals surface area contributed by atoms with Crippen molar-refractivity contribution in [2.75, 3.05) is 39.2 Å². The van der Waals surface area contributed by atoms with Crippen molar-refractivity contribution in [2.24, 2.45) is 0 Å². The summed E-state index contributed by atoms with van der Waals surface area (Å²) in [7, 11) is 5.48. The number of benzene rings is 2. The highest BCUT2D eigenvalue weighted by molar-refractivity contribution is 8.00. The number of ether oxygens (including phenoxy) is 2. The second-order valence-corrected chi connectivity index (χ2v) is 8.78. The van der Waals surface area contributed by atoms with Crippen LogP contribution in [-0.2, 0) is 14.3 Å². The molecule has 0 fully saturated rings. The summed E-state index contributed by atoms with van der Waals surface area (Å²) in [6.45, 7) is 2.42. The van der Waals surface area contributed by atoms with E-state index >= 15 is 0 Å². The van der Waals surface area contributed by atoms with Crippen LogP contribution < -0.4 is 9.64 Å². The fourth-order valence-corrected chi connectivity index (χ4v) is 4.90. The minimum Gasteiger partial charge on any atom is -0.497 e. The highest BCUT2D eigenvalue weighted by Gasteiger charge is 2.41. The number of hydrogen-bond donors (Lipinski definition) is 0. The Morgan fingerprint density at radius 1 is 1.19 bits per heavy atom. The Labute approximate surface area is 198 Å². The second kappa shape index (κ2) is 11.1. The second-order valence-electron chi connectivity index (χ2n) is 7.22. The van der Waals surface area contributed by atoms with E-state index in [0.717, 1.165) is 16.1 Å². The molecule has 0 N–H and O–H groups in total. The van der Waals surface area contributed by atoms with Crippen LogP contribution in [0.15, 0.2) is 47.4 Å². The van der Waals surface area contributed by atoms with Crippen molar-refractivity contribution < 1.29 is 19.1 Å². The van der Waals surface area contributed by atoms with E-state index in [1.54, 1.807) is 18.1 Å². The fourth-order valence-electron chi connectivity index (χ4n) is 3.28. The zero-order valence-electron chi connectivity index (χ0n) is 17.8. The summed E-state index contributed by atoms with van der Waals surface area (Å²) >= 11 is 7.98. The molecule has 0 saturated heterocycles. The third kappa shape index (κ3) is 5.86. The number of methoxy groups -OCH3 is 1. The molecule has 1 aliphatic heterocycles. The monoisotopic (exact) mass is 484 g/mol. The van der Waals surface area contributed by atoms with Crippen molar-refractivity contribution in [2.45, 2.75) is 23.2 Å². The Bertz CT molecular complexity index is 924. The molecule has 0 saturated carbocycles. The van der Waals surface area contributed by atoms with Crippen LogP contribution in [0.1, 0.15) is 17.7 Å². The molecule has 0 aliphatic carbocycles. The molecule has 31 heavy (non-hydrogen) atoms. The zero-order valence-corrected chi connectivity index (χ0v) is 20.2. The smallest absolute Gasteiger partial charge is 0.303 e. The maximum Gasteiger partial charge on any atom is 0.303 e. The van der Waals surface area contributed by atoms with Gasteiger partial charge in [-0.3, -0.25) is 9.59 Å². The summed E-state index contributed by atoms with van der Waals surface area (Å²) < 4.78 is 10.8. The summed E-state index contributed by atoms with van der Waals surface area (Å²) in [6.07, 6.45) is -0.980. The number of amides is 1. The predicted octanol–water partition coefficient (Wildman–Crippen LogP) is 4.44. The first-order valence-corrected chi connectivity index (χ1v) is 10.8. The molecule has 6 nitrogen and oxygen atoms in total. The largest absolute Gasteiger partial charge is 0.497 e. The minimum atomic E-state index is -0.980. The summed E-state index contributed by atoms with van der Waals surface area (Å²) in [5.41, 5.74) is 1.58. The van der Waals surface area contributed by atoms with E-state index in [-0.39, 0.29) is 18.3 Å². The van der Waals surface area contributed by atoms with E-state index in [4.69, 9.17) is 21.1 Å². The SMILES string of the molecule is COc1ccc(C2Sc3c(Cl)cccc3N(CCN(C)C)C(=O)C2OC(C)=O)cc1.Cl. The molecule has 9 heteroatoms. The van der Waals surface area contributed by atoms with Gasteiger partial charge in [0.1, 0.15) is 5.75 Å². The Hall–Kier alpha value is -1.93. The van der Waals surface area contributed by atoms with Gasteiger partial charge in [-0.15, -0.1) is 24.2 Å². The lowest BCUT2D eigenvalue weighted by atomic mass is 10.1. The van der Waals surface area contributed by atoms with Crippen LogP contribution >= 0.6 is 35.8 Å². The number of likely N-dealkylation sites (N-methyl/N-ethyl adjacent to an activating group) is 1. The van der Waals surface area contributed by atoms with Crippen molar-refractivity contribution in [3.8, 4) is 5.75 Å². The van der Waals surface area contributed by atoms with Crippen LogP contribution in [0.3, 0.4) is 0 Å². The third-order valence-corrected chi connectivity index (χ3v) is 6.64. The molecular weight excluding hydrogens is 459 g/mol. The molecule has 2 aromatic carbocycles. The average molecular weight is 485 g/mol. The predicted molar refractivity (Wildman–Crippen MR) is 127 cm³/mol. The van der Waals surface area contributed by atoms with Gasteiger partial charge in [-0.05, 0) is 43.9 Å². The Kier molecular flexibility index (Phi) is 9.06. The van der Waals surface area contributed by atoms with Gasteiger partial charge in [0.15, 0.2) is 6.10 Å². The molecule has 2 atom stereocenters. The number of fused-ring (bicyclic) bond motifs is 1. The van der Waals surface area contributed by atoms with E-state index in [0.29, 0.717) is 23.9 Å². The van der Waals surface area contributed by atoms with Gasteiger partial charge in [0.25, 0.3) is 5.91 Å². The number of carbonyl (C=O) groups is 2. The third-order valence-electron chi connectivity index (χ3n) is 4.77. The molecule has 168 valence electrons. The van der Waals surface area contributed by atoms with Crippen LogP contribution in [0.5, 0.6) is 5.75 Å².